The first-order chi connectivity index (χ1) is 18.7. The van der Waals surface area contributed by atoms with E-state index in [1.165, 1.54) is 28.4 Å². The van der Waals surface area contributed by atoms with Gasteiger partial charge in [-0.15, -0.1) is 0 Å². The molecular formula is C24H49BrO12S2. The number of hydrogen-bond acceptors (Lipinski definition) is 14. The van der Waals surface area contributed by atoms with E-state index < -0.39 is 49.2 Å². The van der Waals surface area contributed by atoms with E-state index in [-0.39, 0.29) is 18.8 Å². The minimum Gasteiger partial charge on any atom is -0.396 e. The Morgan fingerprint density at radius 2 is 1.15 bits per heavy atom. The first kappa shape index (κ1) is 39.7. The Bertz CT molecular complexity index is 567. The van der Waals surface area contributed by atoms with Crippen molar-refractivity contribution in [3.8, 4) is 0 Å². The zero-order valence-electron chi connectivity index (χ0n) is 23.2. The maximum absolute atomic E-state index is 9.97. The smallest absolute Gasteiger partial charge is 0.186 e. The Morgan fingerprint density at radius 3 is 1.54 bits per heavy atom. The second-order valence-corrected chi connectivity index (χ2v) is 11.0. The van der Waals surface area contributed by atoms with Gasteiger partial charge in [-0.3, -0.25) is 0 Å². The van der Waals surface area contributed by atoms with E-state index in [0.29, 0.717) is 17.7 Å². The van der Waals surface area contributed by atoms with Gasteiger partial charge < -0.3 is 59.1 Å². The molecule has 0 aromatic carbocycles. The molecule has 6 N–H and O–H groups in total. The molecular weight excluding hydrogens is 624 g/mol. The number of alkyl halides is 1. The summed E-state index contributed by atoms with van der Waals surface area (Å²) in [5.74, 6) is 2.45. The van der Waals surface area contributed by atoms with Crippen LogP contribution >= 0.6 is 40.3 Å². The van der Waals surface area contributed by atoms with Crippen LogP contribution in [0.15, 0.2) is 0 Å². The largest absolute Gasteiger partial charge is 0.396 e. The molecule has 15 heteroatoms. The summed E-state index contributed by atoms with van der Waals surface area (Å²) in [6.45, 7) is 0.512. The molecule has 0 bridgehead atoms. The molecule has 0 amide bonds. The number of unbranched alkanes of at least 4 members (excludes halogenated alkanes) is 2. The average molecular weight is 674 g/mol. The van der Waals surface area contributed by atoms with E-state index in [0.717, 1.165) is 37.2 Å². The van der Waals surface area contributed by atoms with Gasteiger partial charge in [-0.25, -0.2) is 0 Å². The van der Waals surface area contributed by atoms with Gasteiger partial charge in [0.15, 0.2) is 12.6 Å². The molecule has 4 unspecified atom stereocenters. The van der Waals surface area contributed by atoms with Crippen LogP contribution in [0.1, 0.15) is 25.7 Å². The van der Waals surface area contributed by atoms with Crippen LogP contribution in [0.3, 0.4) is 0 Å². The molecule has 0 aromatic rings. The van der Waals surface area contributed by atoms with E-state index in [4.69, 9.17) is 38.6 Å². The van der Waals surface area contributed by atoms with Gasteiger partial charge in [-0.1, -0.05) is 15.9 Å². The highest BCUT2D eigenvalue weighted by Crippen LogP contribution is 2.26. The number of thiol groups is 1. The Kier molecular flexibility index (Phi) is 24.6. The summed E-state index contributed by atoms with van der Waals surface area (Å²) < 4.78 is 31.1. The van der Waals surface area contributed by atoms with Crippen LogP contribution in [0.25, 0.3) is 0 Å². The molecule has 2 fully saturated rings. The van der Waals surface area contributed by atoms with Crippen molar-refractivity contribution >= 4 is 40.3 Å². The maximum atomic E-state index is 9.97. The first-order valence-electron chi connectivity index (χ1n) is 12.8. The van der Waals surface area contributed by atoms with Gasteiger partial charge >= 0.3 is 0 Å². The minimum atomic E-state index is -1.11. The van der Waals surface area contributed by atoms with E-state index in [2.05, 4.69) is 28.6 Å². The van der Waals surface area contributed by atoms with Gasteiger partial charge in [-0.05, 0) is 37.2 Å². The monoisotopic (exact) mass is 672 g/mol. The lowest BCUT2D eigenvalue weighted by molar-refractivity contribution is -0.288. The highest BCUT2D eigenvalue weighted by atomic mass is 79.9. The third-order valence-corrected chi connectivity index (χ3v) is 8.08. The van der Waals surface area contributed by atoms with Gasteiger partial charge in [0.05, 0.1) is 12.2 Å². The predicted molar refractivity (Wildman–Crippen MR) is 155 cm³/mol. The molecule has 0 saturated carbocycles. The molecule has 12 nitrogen and oxygen atoms in total. The number of ether oxygens (including phenoxy) is 6. The number of methoxy groups -OCH3 is 4. The molecule has 0 radical (unpaired) electrons. The van der Waals surface area contributed by atoms with Crippen LogP contribution < -0.4 is 0 Å². The van der Waals surface area contributed by atoms with Crippen LogP contribution in [0.5, 0.6) is 0 Å². The van der Waals surface area contributed by atoms with Crippen molar-refractivity contribution in [3.63, 3.8) is 0 Å². The van der Waals surface area contributed by atoms with Crippen LogP contribution in [0.4, 0.5) is 0 Å². The van der Waals surface area contributed by atoms with Crippen molar-refractivity contribution < 1.29 is 59.1 Å². The second-order valence-electron chi connectivity index (χ2n) is 8.73. The summed E-state index contributed by atoms with van der Waals surface area (Å²) in [5.41, 5.74) is 0. The topological polar surface area (TPSA) is 177 Å². The van der Waals surface area contributed by atoms with Gasteiger partial charge in [0.25, 0.3) is 0 Å². The van der Waals surface area contributed by atoms with Gasteiger partial charge in [-0.2, -0.15) is 24.4 Å². The average Bonchev–Trinajstić information content (AvgIpc) is 2.95. The van der Waals surface area contributed by atoms with Crippen LogP contribution in [-0.4, -0.2) is 156 Å². The van der Waals surface area contributed by atoms with Gasteiger partial charge in [0.1, 0.15) is 36.6 Å². The normalized spacial score (nSPS) is 34.5. The van der Waals surface area contributed by atoms with Crippen molar-refractivity contribution in [2.45, 2.75) is 87.1 Å². The quantitative estimate of drug-likeness (QED) is 0.0733. The number of rotatable bonds is 14. The molecule has 39 heavy (non-hydrogen) atoms. The molecule has 236 valence electrons. The third-order valence-electron chi connectivity index (χ3n) is 5.99. The lowest BCUT2D eigenvalue weighted by Gasteiger charge is -2.41. The molecule has 2 saturated heterocycles. The van der Waals surface area contributed by atoms with E-state index >= 15 is 0 Å². The molecule has 2 heterocycles. The molecule has 2 aliphatic rings. The highest BCUT2D eigenvalue weighted by molar-refractivity contribution is 9.09. The second kappa shape index (κ2) is 24.2. The highest BCUT2D eigenvalue weighted by Gasteiger charge is 2.45. The van der Waals surface area contributed by atoms with Crippen molar-refractivity contribution in [1.29, 1.82) is 0 Å². The maximum Gasteiger partial charge on any atom is 0.186 e. The van der Waals surface area contributed by atoms with Gasteiger partial charge in [0.2, 0.25) is 0 Å². The zero-order chi connectivity index (χ0) is 29.8. The Labute approximate surface area is 250 Å². The van der Waals surface area contributed by atoms with Crippen molar-refractivity contribution in [1.82, 2.24) is 0 Å². The number of halogens is 1. The fraction of sp³-hybridized carbons (Fsp3) is 1.00. The minimum absolute atomic E-state index is 0.206. The number of thioether (sulfide) groups is 1. The van der Waals surface area contributed by atoms with Gasteiger partial charge in [0, 0.05) is 52.7 Å². The fourth-order valence-electron chi connectivity index (χ4n) is 3.78. The van der Waals surface area contributed by atoms with E-state index in [1.807, 2.05) is 0 Å². The van der Waals surface area contributed by atoms with Crippen molar-refractivity contribution in [3.05, 3.63) is 0 Å². The summed E-state index contributed by atoms with van der Waals surface area (Å²) in [6, 6.07) is 0. The first-order valence-corrected chi connectivity index (χ1v) is 15.7. The SMILES string of the molecule is CO[C@H]1OC(CBr)[C@@H](OC)[C@H](O)C1O.CO[C@H]1OC(CSCCCCO)[C@@H](OC)[C@H](O)C1O.OCCCCS. The van der Waals surface area contributed by atoms with Crippen LogP contribution in [0, 0.1) is 0 Å². The number of aliphatic hydroxyl groups excluding tert-OH is 6. The molecule has 0 aromatic heterocycles. The Balaban J connectivity index is 0.000000631. The predicted octanol–water partition coefficient (Wildman–Crippen LogP) is -0.222. The summed E-state index contributed by atoms with van der Waals surface area (Å²) in [6.07, 6.45) is -3.97. The molecule has 2 rings (SSSR count). The molecule has 0 aliphatic carbocycles. The molecule has 0 spiro atoms. The van der Waals surface area contributed by atoms with Crippen molar-refractivity contribution in [2.24, 2.45) is 0 Å². The summed E-state index contributed by atoms with van der Waals surface area (Å²) in [4.78, 5) is 0. The number of hydrogen-bond donors (Lipinski definition) is 7. The lowest BCUT2D eigenvalue weighted by Crippen LogP contribution is -2.59. The Hall–Kier alpha value is 0.700. The van der Waals surface area contributed by atoms with Crippen molar-refractivity contribution in [2.75, 3.05) is 64.2 Å². The molecule has 10 atom stereocenters. The summed E-state index contributed by atoms with van der Waals surface area (Å²) in [7, 11) is 5.80. The number of aliphatic hydroxyl groups is 6. The summed E-state index contributed by atoms with van der Waals surface area (Å²) in [5, 5.41) is 56.4. The van der Waals surface area contributed by atoms with Crippen LogP contribution in [0.2, 0.25) is 0 Å². The molecule has 2 aliphatic heterocycles. The fourth-order valence-corrected chi connectivity index (χ4v) is 5.60. The van der Waals surface area contributed by atoms with E-state index in [1.54, 1.807) is 11.8 Å². The zero-order valence-corrected chi connectivity index (χ0v) is 26.5. The van der Waals surface area contributed by atoms with Crippen LogP contribution in [-0.2, 0) is 28.4 Å². The Morgan fingerprint density at radius 1 is 0.692 bits per heavy atom. The van der Waals surface area contributed by atoms with E-state index in [9.17, 15) is 20.4 Å². The summed E-state index contributed by atoms with van der Waals surface area (Å²) >= 11 is 8.86. The standard InChI is InChI=1S/C12H24O6S.C8H15BrO5.C4H10OS/c1-16-11-8(7-19-6-4-3-5-13)18-12(17-2)10(15)9(11)14;1-12-7-4(3-9)14-8(13-2)6(11)5(7)10;5-3-1-2-4-6/h8-15H,3-7H2,1-2H3;4-8,10-11H,3H2,1-2H3;5-6H,1-4H2/t8?,9-,10?,11-,12+;4?,5-,6?,7-,8+;/m11./s1. The lowest BCUT2D eigenvalue weighted by atomic mass is 10.00. The third kappa shape index (κ3) is 14.1.